The summed E-state index contributed by atoms with van der Waals surface area (Å²) in [7, 11) is 4.75. The van der Waals surface area contributed by atoms with Crippen LogP contribution in [0.15, 0.2) is 30.6 Å². The Balaban J connectivity index is 2.23. The Morgan fingerprint density at radius 3 is 2.56 bits per heavy atom. The molecule has 0 bridgehead atoms. The van der Waals surface area contributed by atoms with Crippen molar-refractivity contribution < 1.29 is 14.5 Å². The van der Waals surface area contributed by atoms with Crippen LogP contribution < -0.4 is 21.0 Å². The molecule has 0 atom stereocenters. The fraction of sp³-hybridized carbons (Fsp3) is 0.214. The second-order valence-electron chi connectivity index (χ2n) is 4.96. The number of nitro groups is 1. The number of aromatic nitrogens is 2. The highest BCUT2D eigenvalue weighted by molar-refractivity contribution is 5.97. The average molecular weight is 347 g/mol. The molecular formula is C14H17N7O4. The average Bonchev–Trinajstić information content (AvgIpc) is 2.58. The van der Waals surface area contributed by atoms with Crippen molar-refractivity contribution in [1.82, 2.24) is 20.4 Å². The van der Waals surface area contributed by atoms with Gasteiger partial charge in [-0.05, 0) is 12.1 Å². The normalized spacial score (nSPS) is 10.2. The number of para-hydroxylation sites is 1. The lowest BCUT2D eigenvalue weighted by Gasteiger charge is -2.14. The smallest absolute Gasteiger partial charge is 0.356 e. The third kappa shape index (κ3) is 4.29. The van der Waals surface area contributed by atoms with Gasteiger partial charge in [0.25, 0.3) is 5.91 Å². The standard InChI is InChI=1S/C14H17N7O4/c1-20(2)19-13-11(21(23)24)12(15-8-16-13)17-18-14(22)9-6-4-5-7-10(9)25-3/h4-8H,1-3H3,(H,18,22)(H2,15,16,17,19). The molecule has 25 heavy (non-hydrogen) atoms. The Kier molecular flexibility index (Phi) is 5.63. The van der Waals surface area contributed by atoms with Gasteiger partial charge in [-0.1, -0.05) is 12.1 Å². The number of ether oxygens (including phenoxy) is 1. The number of nitrogens with zero attached hydrogens (tertiary/aromatic N) is 4. The summed E-state index contributed by atoms with van der Waals surface area (Å²) in [4.78, 5) is 30.6. The molecule has 0 spiro atoms. The van der Waals surface area contributed by atoms with E-state index in [-0.39, 0.29) is 17.2 Å². The zero-order chi connectivity index (χ0) is 18.4. The molecule has 0 radical (unpaired) electrons. The Bertz CT molecular complexity index is 782. The van der Waals surface area contributed by atoms with Crippen LogP contribution in [0.5, 0.6) is 5.75 Å². The van der Waals surface area contributed by atoms with Gasteiger partial charge in [0.05, 0.1) is 17.6 Å². The van der Waals surface area contributed by atoms with E-state index in [9.17, 15) is 14.9 Å². The van der Waals surface area contributed by atoms with Crippen LogP contribution in [0.1, 0.15) is 10.4 Å². The largest absolute Gasteiger partial charge is 0.496 e. The summed E-state index contributed by atoms with van der Waals surface area (Å²) in [5.74, 6) is -0.340. The number of hydrazine groups is 2. The van der Waals surface area contributed by atoms with Gasteiger partial charge < -0.3 is 4.74 Å². The van der Waals surface area contributed by atoms with Crippen LogP contribution in [0, 0.1) is 10.1 Å². The molecule has 1 amide bonds. The number of benzene rings is 1. The summed E-state index contributed by atoms with van der Waals surface area (Å²) in [5.41, 5.74) is 7.37. The Hall–Kier alpha value is -3.47. The Morgan fingerprint density at radius 1 is 1.24 bits per heavy atom. The lowest BCUT2D eigenvalue weighted by atomic mass is 10.2. The van der Waals surface area contributed by atoms with Crippen molar-refractivity contribution in [3.05, 3.63) is 46.3 Å². The van der Waals surface area contributed by atoms with Gasteiger partial charge in [0, 0.05) is 14.1 Å². The van der Waals surface area contributed by atoms with Crippen LogP contribution in [-0.4, -0.2) is 47.0 Å². The van der Waals surface area contributed by atoms with E-state index in [0.717, 1.165) is 6.33 Å². The summed E-state index contributed by atoms with van der Waals surface area (Å²) in [6.45, 7) is 0. The quantitative estimate of drug-likeness (QED) is 0.496. The first-order chi connectivity index (χ1) is 11.9. The SMILES string of the molecule is COc1ccccc1C(=O)NNc1ncnc(NN(C)C)c1[N+](=O)[O-]. The maximum atomic E-state index is 12.3. The van der Waals surface area contributed by atoms with Crippen molar-refractivity contribution in [2.45, 2.75) is 0 Å². The van der Waals surface area contributed by atoms with Crippen molar-refractivity contribution >= 4 is 23.2 Å². The van der Waals surface area contributed by atoms with Gasteiger partial charge in [0.2, 0.25) is 11.6 Å². The summed E-state index contributed by atoms with van der Waals surface area (Å²) < 4.78 is 5.11. The molecule has 2 rings (SSSR count). The zero-order valence-corrected chi connectivity index (χ0v) is 13.8. The second-order valence-corrected chi connectivity index (χ2v) is 4.96. The molecule has 132 valence electrons. The van der Waals surface area contributed by atoms with Gasteiger partial charge in [-0.2, -0.15) is 0 Å². The van der Waals surface area contributed by atoms with E-state index in [1.165, 1.54) is 12.1 Å². The van der Waals surface area contributed by atoms with Crippen molar-refractivity contribution in [2.24, 2.45) is 0 Å². The fourth-order valence-electron chi connectivity index (χ4n) is 1.95. The lowest BCUT2D eigenvalue weighted by molar-refractivity contribution is -0.383. The highest BCUT2D eigenvalue weighted by Gasteiger charge is 2.24. The Labute approximate surface area is 143 Å². The fourth-order valence-corrected chi connectivity index (χ4v) is 1.95. The molecule has 1 aromatic carbocycles. The van der Waals surface area contributed by atoms with Crippen LogP contribution in [0.2, 0.25) is 0 Å². The topological polar surface area (TPSA) is 135 Å². The third-order valence-electron chi connectivity index (χ3n) is 2.98. The van der Waals surface area contributed by atoms with E-state index in [1.54, 1.807) is 38.4 Å². The monoisotopic (exact) mass is 347 g/mol. The van der Waals surface area contributed by atoms with Crippen LogP contribution >= 0.6 is 0 Å². The van der Waals surface area contributed by atoms with Gasteiger partial charge in [-0.15, -0.1) is 0 Å². The first kappa shape index (κ1) is 17.9. The van der Waals surface area contributed by atoms with Crippen LogP contribution in [0.3, 0.4) is 0 Å². The summed E-state index contributed by atoms with van der Waals surface area (Å²) in [6.07, 6.45) is 1.14. The lowest BCUT2D eigenvalue weighted by Crippen LogP contribution is -2.31. The predicted octanol–water partition coefficient (Wildman–Crippen LogP) is 1.04. The molecule has 0 aliphatic heterocycles. The maximum Gasteiger partial charge on any atom is 0.356 e. The van der Waals surface area contributed by atoms with Crippen molar-refractivity contribution in [3.63, 3.8) is 0 Å². The first-order valence-corrected chi connectivity index (χ1v) is 7.06. The van der Waals surface area contributed by atoms with Gasteiger partial charge in [0.1, 0.15) is 12.1 Å². The number of carbonyl (C=O) groups is 1. The number of carbonyl (C=O) groups excluding carboxylic acids is 1. The molecule has 11 nitrogen and oxygen atoms in total. The molecule has 1 aromatic heterocycles. The van der Waals surface area contributed by atoms with Crippen molar-refractivity contribution in [3.8, 4) is 5.75 Å². The van der Waals surface area contributed by atoms with E-state index in [1.807, 2.05) is 0 Å². The van der Waals surface area contributed by atoms with Crippen molar-refractivity contribution in [1.29, 1.82) is 0 Å². The number of amides is 1. The number of anilines is 2. The molecule has 0 aliphatic carbocycles. The third-order valence-corrected chi connectivity index (χ3v) is 2.98. The molecular weight excluding hydrogens is 330 g/mol. The minimum Gasteiger partial charge on any atom is -0.496 e. The number of rotatable bonds is 7. The minimum absolute atomic E-state index is 0.0148. The summed E-state index contributed by atoms with van der Waals surface area (Å²) in [6, 6.07) is 6.58. The van der Waals surface area contributed by atoms with E-state index >= 15 is 0 Å². The molecule has 0 saturated heterocycles. The van der Waals surface area contributed by atoms with Crippen LogP contribution in [0.25, 0.3) is 0 Å². The van der Waals surface area contributed by atoms with Crippen molar-refractivity contribution in [2.75, 3.05) is 32.1 Å². The number of hydrogen-bond donors (Lipinski definition) is 3. The van der Waals surface area contributed by atoms with Gasteiger partial charge in [-0.25, -0.2) is 15.0 Å². The summed E-state index contributed by atoms with van der Waals surface area (Å²) in [5, 5.41) is 12.8. The second kappa shape index (κ2) is 7.88. The molecule has 3 N–H and O–H groups in total. The number of methoxy groups -OCH3 is 1. The number of hydrogen-bond acceptors (Lipinski definition) is 9. The molecule has 1 heterocycles. The molecule has 0 saturated carbocycles. The predicted molar refractivity (Wildman–Crippen MR) is 90.1 cm³/mol. The van der Waals surface area contributed by atoms with Crippen LogP contribution in [-0.2, 0) is 0 Å². The van der Waals surface area contributed by atoms with Gasteiger partial charge in [0.15, 0.2) is 0 Å². The molecule has 0 aliphatic rings. The number of nitrogens with one attached hydrogen (secondary N) is 3. The molecule has 0 unspecified atom stereocenters. The molecule has 2 aromatic rings. The van der Waals surface area contributed by atoms with Crippen LogP contribution in [0.4, 0.5) is 17.3 Å². The van der Waals surface area contributed by atoms with E-state index in [4.69, 9.17) is 4.74 Å². The van der Waals surface area contributed by atoms with E-state index < -0.39 is 16.5 Å². The van der Waals surface area contributed by atoms with Gasteiger partial charge >= 0.3 is 5.69 Å². The highest BCUT2D eigenvalue weighted by Crippen LogP contribution is 2.28. The molecule has 0 fully saturated rings. The van der Waals surface area contributed by atoms with E-state index in [2.05, 4.69) is 26.2 Å². The van der Waals surface area contributed by atoms with E-state index in [0.29, 0.717) is 5.75 Å². The zero-order valence-electron chi connectivity index (χ0n) is 13.8. The Morgan fingerprint density at radius 2 is 1.92 bits per heavy atom. The maximum absolute atomic E-state index is 12.3. The highest BCUT2D eigenvalue weighted by atomic mass is 16.6. The van der Waals surface area contributed by atoms with Gasteiger partial charge in [-0.3, -0.25) is 31.2 Å². The minimum atomic E-state index is -0.649. The summed E-state index contributed by atoms with van der Waals surface area (Å²) >= 11 is 0. The molecule has 11 heteroatoms. The first-order valence-electron chi connectivity index (χ1n) is 7.06.